The van der Waals surface area contributed by atoms with E-state index in [1.807, 2.05) is 0 Å². The van der Waals surface area contributed by atoms with Crippen molar-refractivity contribution >= 4 is 27.3 Å². The predicted octanol–water partition coefficient (Wildman–Crippen LogP) is 1.52. The van der Waals surface area contributed by atoms with Crippen molar-refractivity contribution in [3.63, 3.8) is 0 Å². The summed E-state index contributed by atoms with van der Waals surface area (Å²) in [5.74, 6) is 0. The zero-order valence-corrected chi connectivity index (χ0v) is 7.83. The highest BCUT2D eigenvalue weighted by Gasteiger charge is 1.94. The van der Waals surface area contributed by atoms with Crippen molar-refractivity contribution in [2.75, 3.05) is 6.67 Å². The van der Waals surface area contributed by atoms with Gasteiger partial charge in [0.25, 0.3) is 0 Å². The number of nitrogens with one attached hydrogen (secondary N) is 1. The van der Waals surface area contributed by atoms with Gasteiger partial charge in [-0.2, -0.15) is 0 Å². The number of hydrogen-bond donors (Lipinski definition) is 2. The molecule has 0 atom stereocenters. The highest BCUT2D eigenvalue weighted by molar-refractivity contribution is 9.10. The SMILES string of the molecule is NCNCc1cc(Br)cs1. The molecule has 4 heteroatoms. The molecule has 0 amide bonds. The van der Waals surface area contributed by atoms with Gasteiger partial charge in [-0.05, 0) is 22.0 Å². The summed E-state index contributed by atoms with van der Waals surface area (Å²) in [5.41, 5.74) is 5.26. The molecule has 0 aromatic carbocycles. The maximum absolute atomic E-state index is 5.26. The molecule has 0 aliphatic carbocycles. The van der Waals surface area contributed by atoms with Gasteiger partial charge in [-0.1, -0.05) is 0 Å². The summed E-state index contributed by atoms with van der Waals surface area (Å²) in [7, 11) is 0. The van der Waals surface area contributed by atoms with Gasteiger partial charge in [0.15, 0.2) is 0 Å². The van der Waals surface area contributed by atoms with E-state index in [1.54, 1.807) is 11.3 Å². The number of nitrogens with two attached hydrogens (primary N) is 1. The Morgan fingerprint density at radius 1 is 1.70 bits per heavy atom. The van der Waals surface area contributed by atoms with Crippen LogP contribution in [0, 0.1) is 0 Å². The minimum atomic E-state index is 0.537. The van der Waals surface area contributed by atoms with Crippen molar-refractivity contribution in [3.05, 3.63) is 20.8 Å². The molecule has 1 heterocycles. The van der Waals surface area contributed by atoms with Gasteiger partial charge in [0, 0.05) is 27.9 Å². The van der Waals surface area contributed by atoms with Crippen LogP contribution in [-0.4, -0.2) is 6.67 Å². The third-order valence-corrected chi connectivity index (χ3v) is 2.76. The van der Waals surface area contributed by atoms with Crippen molar-refractivity contribution in [1.82, 2.24) is 5.32 Å². The summed E-state index contributed by atoms with van der Waals surface area (Å²) in [4.78, 5) is 1.30. The van der Waals surface area contributed by atoms with Crippen LogP contribution in [0.15, 0.2) is 15.9 Å². The molecule has 0 spiro atoms. The average Bonchev–Trinajstić information content (AvgIpc) is 2.31. The van der Waals surface area contributed by atoms with E-state index in [2.05, 4.69) is 32.7 Å². The predicted molar refractivity (Wildman–Crippen MR) is 47.9 cm³/mol. The lowest BCUT2D eigenvalue weighted by Crippen LogP contribution is -2.20. The molecular formula is C6H9BrN2S. The topological polar surface area (TPSA) is 38.0 Å². The maximum Gasteiger partial charge on any atom is 0.0431 e. The molecule has 1 aromatic heterocycles. The second kappa shape index (κ2) is 4.08. The van der Waals surface area contributed by atoms with E-state index < -0.39 is 0 Å². The van der Waals surface area contributed by atoms with E-state index >= 15 is 0 Å². The second-order valence-corrected chi connectivity index (χ2v) is 3.77. The summed E-state index contributed by atoms with van der Waals surface area (Å²) in [6, 6.07) is 2.09. The van der Waals surface area contributed by atoms with Crippen LogP contribution in [-0.2, 0) is 6.54 Å². The standard InChI is InChI=1S/C6H9BrN2S/c7-5-1-6(10-3-5)2-9-4-8/h1,3,9H,2,4,8H2. The molecule has 0 saturated carbocycles. The van der Waals surface area contributed by atoms with Crippen LogP contribution in [0.1, 0.15) is 4.88 Å². The fraction of sp³-hybridized carbons (Fsp3) is 0.333. The molecule has 0 aliphatic heterocycles. The first-order valence-corrected chi connectivity index (χ1v) is 4.64. The lowest BCUT2D eigenvalue weighted by atomic mass is 10.5. The van der Waals surface area contributed by atoms with E-state index in [0.717, 1.165) is 11.0 Å². The summed E-state index contributed by atoms with van der Waals surface area (Å²) in [6.07, 6.45) is 0. The van der Waals surface area contributed by atoms with E-state index in [4.69, 9.17) is 5.73 Å². The van der Waals surface area contributed by atoms with Crippen LogP contribution in [0.2, 0.25) is 0 Å². The van der Waals surface area contributed by atoms with E-state index in [0.29, 0.717) is 6.67 Å². The van der Waals surface area contributed by atoms with Crippen molar-refractivity contribution in [2.45, 2.75) is 6.54 Å². The van der Waals surface area contributed by atoms with Crippen molar-refractivity contribution in [1.29, 1.82) is 0 Å². The highest BCUT2D eigenvalue weighted by Crippen LogP contribution is 2.18. The van der Waals surface area contributed by atoms with Gasteiger partial charge in [0.2, 0.25) is 0 Å². The second-order valence-electron chi connectivity index (χ2n) is 1.86. The first-order valence-electron chi connectivity index (χ1n) is 2.96. The Balaban J connectivity index is 2.42. The van der Waals surface area contributed by atoms with Crippen molar-refractivity contribution in [3.8, 4) is 0 Å². The Bertz CT molecular complexity index is 199. The number of rotatable bonds is 3. The Hall–Kier alpha value is 0.1000. The summed E-state index contributed by atoms with van der Waals surface area (Å²) >= 11 is 5.10. The van der Waals surface area contributed by atoms with Crippen LogP contribution in [0.5, 0.6) is 0 Å². The molecule has 0 radical (unpaired) electrons. The molecule has 2 nitrogen and oxygen atoms in total. The number of hydrogen-bond acceptors (Lipinski definition) is 3. The van der Waals surface area contributed by atoms with E-state index in [-0.39, 0.29) is 0 Å². The maximum atomic E-state index is 5.26. The fourth-order valence-electron chi connectivity index (χ4n) is 0.642. The first-order chi connectivity index (χ1) is 4.83. The summed E-state index contributed by atoms with van der Waals surface area (Å²) in [5, 5.41) is 5.11. The van der Waals surface area contributed by atoms with Gasteiger partial charge in [0.05, 0.1) is 0 Å². The summed E-state index contributed by atoms with van der Waals surface area (Å²) in [6.45, 7) is 1.41. The first kappa shape index (κ1) is 8.20. The molecule has 56 valence electrons. The van der Waals surface area contributed by atoms with Crippen LogP contribution < -0.4 is 11.1 Å². The smallest absolute Gasteiger partial charge is 0.0431 e. The van der Waals surface area contributed by atoms with Gasteiger partial charge in [-0.3, -0.25) is 5.32 Å². The quantitative estimate of drug-likeness (QED) is 0.759. The Morgan fingerprint density at radius 3 is 3.00 bits per heavy atom. The zero-order chi connectivity index (χ0) is 7.40. The molecule has 1 aromatic rings. The third kappa shape index (κ3) is 2.38. The van der Waals surface area contributed by atoms with Crippen LogP contribution >= 0.6 is 27.3 Å². The molecule has 10 heavy (non-hydrogen) atoms. The summed E-state index contributed by atoms with van der Waals surface area (Å²) < 4.78 is 1.14. The molecule has 1 rings (SSSR count). The molecule has 0 aliphatic rings. The Morgan fingerprint density at radius 2 is 2.50 bits per heavy atom. The molecule has 0 bridgehead atoms. The van der Waals surface area contributed by atoms with Gasteiger partial charge in [0.1, 0.15) is 0 Å². The van der Waals surface area contributed by atoms with Crippen LogP contribution in [0.3, 0.4) is 0 Å². The van der Waals surface area contributed by atoms with Gasteiger partial charge >= 0.3 is 0 Å². The Kier molecular flexibility index (Phi) is 3.34. The number of halogens is 1. The molecule has 0 fully saturated rings. The minimum absolute atomic E-state index is 0.537. The molecule has 3 N–H and O–H groups in total. The lowest BCUT2D eigenvalue weighted by molar-refractivity contribution is 0.717. The Labute approximate surface area is 72.6 Å². The highest BCUT2D eigenvalue weighted by atomic mass is 79.9. The van der Waals surface area contributed by atoms with E-state index in [9.17, 15) is 0 Å². The van der Waals surface area contributed by atoms with Gasteiger partial charge < -0.3 is 5.73 Å². The largest absolute Gasteiger partial charge is 0.318 e. The monoisotopic (exact) mass is 220 g/mol. The van der Waals surface area contributed by atoms with Gasteiger partial charge in [-0.15, -0.1) is 11.3 Å². The zero-order valence-electron chi connectivity index (χ0n) is 5.43. The van der Waals surface area contributed by atoms with Crippen LogP contribution in [0.4, 0.5) is 0 Å². The minimum Gasteiger partial charge on any atom is -0.318 e. The van der Waals surface area contributed by atoms with Crippen LogP contribution in [0.25, 0.3) is 0 Å². The fourth-order valence-corrected chi connectivity index (χ4v) is 2.06. The van der Waals surface area contributed by atoms with Crippen molar-refractivity contribution in [2.24, 2.45) is 5.73 Å². The third-order valence-electron chi connectivity index (χ3n) is 1.07. The van der Waals surface area contributed by atoms with Crippen molar-refractivity contribution < 1.29 is 0 Å². The normalized spacial score (nSPS) is 10.2. The molecule has 0 unspecified atom stereocenters. The lowest BCUT2D eigenvalue weighted by Gasteiger charge is -1.95. The molecule has 0 saturated heterocycles. The van der Waals surface area contributed by atoms with E-state index in [1.165, 1.54) is 4.88 Å². The molecular weight excluding hydrogens is 212 g/mol. The number of thiophene rings is 1. The average molecular weight is 221 g/mol. The van der Waals surface area contributed by atoms with Gasteiger partial charge in [-0.25, -0.2) is 0 Å².